The Morgan fingerprint density at radius 1 is 1.40 bits per heavy atom. The van der Waals surface area contributed by atoms with Crippen LogP contribution < -0.4 is 10.6 Å². The molecule has 82 valence electrons. The van der Waals surface area contributed by atoms with Crippen molar-refractivity contribution in [3.05, 3.63) is 24.3 Å². The van der Waals surface area contributed by atoms with E-state index in [2.05, 4.69) is 0 Å². The van der Waals surface area contributed by atoms with E-state index in [1.54, 1.807) is 17.0 Å². The molecule has 0 aliphatic carbocycles. The van der Waals surface area contributed by atoms with Gasteiger partial charge >= 0.3 is 6.09 Å². The van der Waals surface area contributed by atoms with Gasteiger partial charge in [0.05, 0.1) is 7.11 Å². The standard InChI is InChI=1S/C11H16N2O2/c1-3-8-13(11(14)15-2)10-6-4-9(12)5-7-10/h4-7H,3,8,12H2,1-2H3. The normalized spacial score (nSPS) is 9.73. The predicted molar refractivity (Wildman–Crippen MR) is 60.9 cm³/mol. The monoisotopic (exact) mass is 208 g/mol. The number of carbonyl (C=O) groups excluding carboxylic acids is 1. The number of nitrogen functional groups attached to an aromatic ring is 1. The number of hydrogen-bond acceptors (Lipinski definition) is 3. The lowest BCUT2D eigenvalue weighted by molar-refractivity contribution is 0.178. The summed E-state index contributed by atoms with van der Waals surface area (Å²) in [7, 11) is 1.38. The second-order valence-electron chi connectivity index (χ2n) is 3.21. The van der Waals surface area contributed by atoms with Gasteiger partial charge in [-0.3, -0.25) is 4.90 Å². The number of ether oxygens (including phenoxy) is 1. The van der Waals surface area contributed by atoms with E-state index in [0.717, 1.165) is 12.1 Å². The Kier molecular flexibility index (Phi) is 3.97. The molecule has 0 unspecified atom stereocenters. The van der Waals surface area contributed by atoms with E-state index in [1.807, 2.05) is 19.1 Å². The lowest BCUT2D eigenvalue weighted by Gasteiger charge is -2.20. The summed E-state index contributed by atoms with van der Waals surface area (Å²) in [6, 6.07) is 7.14. The first-order chi connectivity index (χ1) is 7.19. The molecule has 0 aliphatic rings. The van der Waals surface area contributed by atoms with Gasteiger partial charge in [-0.1, -0.05) is 6.92 Å². The van der Waals surface area contributed by atoms with Gasteiger partial charge in [0.15, 0.2) is 0 Å². The third kappa shape index (κ3) is 2.87. The topological polar surface area (TPSA) is 55.6 Å². The average molecular weight is 208 g/mol. The Bertz CT molecular complexity index is 322. The fourth-order valence-electron chi connectivity index (χ4n) is 1.31. The molecule has 0 saturated heterocycles. The van der Waals surface area contributed by atoms with E-state index in [1.165, 1.54) is 7.11 Å². The van der Waals surface area contributed by atoms with E-state index in [9.17, 15) is 4.79 Å². The predicted octanol–water partition coefficient (Wildman–Crippen LogP) is 2.25. The van der Waals surface area contributed by atoms with Crippen LogP contribution in [-0.4, -0.2) is 19.7 Å². The molecular weight excluding hydrogens is 192 g/mol. The summed E-state index contributed by atoms with van der Waals surface area (Å²) in [4.78, 5) is 13.0. The van der Waals surface area contributed by atoms with Gasteiger partial charge in [0, 0.05) is 17.9 Å². The molecule has 1 aromatic carbocycles. The van der Waals surface area contributed by atoms with E-state index < -0.39 is 0 Å². The zero-order chi connectivity index (χ0) is 11.3. The molecule has 0 bridgehead atoms. The number of methoxy groups -OCH3 is 1. The summed E-state index contributed by atoms with van der Waals surface area (Å²) in [5.41, 5.74) is 7.06. The first kappa shape index (κ1) is 11.4. The number of amides is 1. The van der Waals surface area contributed by atoms with Gasteiger partial charge < -0.3 is 10.5 Å². The van der Waals surface area contributed by atoms with Gasteiger partial charge in [-0.2, -0.15) is 0 Å². The molecule has 1 aromatic rings. The molecular formula is C11H16N2O2. The zero-order valence-corrected chi connectivity index (χ0v) is 9.06. The van der Waals surface area contributed by atoms with Crippen LogP contribution in [0.4, 0.5) is 16.2 Å². The van der Waals surface area contributed by atoms with Gasteiger partial charge in [-0.15, -0.1) is 0 Å². The molecule has 0 aliphatic heterocycles. The van der Waals surface area contributed by atoms with Crippen molar-refractivity contribution in [2.45, 2.75) is 13.3 Å². The van der Waals surface area contributed by atoms with Crippen LogP contribution in [0.1, 0.15) is 13.3 Å². The van der Waals surface area contributed by atoms with E-state index in [4.69, 9.17) is 10.5 Å². The van der Waals surface area contributed by atoms with Gasteiger partial charge in [-0.05, 0) is 30.7 Å². The SMILES string of the molecule is CCCN(C(=O)OC)c1ccc(N)cc1. The maximum absolute atomic E-state index is 11.5. The number of nitrogens with two attached hydrogens (primary N) is 1. The highest BCUT2D eigenvalue weighted by Crippen LogP contribution is 2.17. The number of hydrogen-bond donors (Lipinski definition) is 1. The van der Waals surface area contributed by atoms with E-state index >= 15 is 0 Å². The molecule has 4 nitrogen and oxygen atoms in total. The van der Waals surface area contributed by atoms with Crippen molar-refractivity contribution < 1.29 is 9.53 Å². The summed E-state index contributed by atoms with van der Waals surface area (Å²) >= 11 is 0. The summed E-state index contributed by atoms with van der Waals surface area (Å²) in [5, 5.41) is 0. The minimum absolute atomic E-state index is 0.346. The highest BCUT2D eigenvalue weighted by atomic mass is 16.5. The van der Waals surface area contributed by atoms with Crippen LogP contribution in [0.3, 0.4) is 0 Å². The van der Waals surface area contributed by atoms with Gasteiger partial charge in [0.25, 0.3) is 0 Å². The number of benzene rings is 1. The van der Waals surface area contributed by atoms with Crippen molar-refractivity contribution in [3.63, 3.8) is 0 Å². The number of anilines is 2. The second kappa shape index (κ2) is 5.24. The fourth-order valence-corrected chi connectivity index (χ4v) is 1.31. The van der Waals surface area contributed by atoms with Gasteiger partial charge in [0.1, 0.15) is 0 Å². The Morgan fingerprint density at radius 2 is 2.00 bits per heavy atom. The van der Waals surface area contributed by atoms with Crippen LogP contribution in [0.2, 0.25) is 0 Å². The molecule has 0 spiro atoms. The van der Waals surface area contributed by atoms with Crippen molar-refractivity contribution in [3.8, 4) is 0 Å². The summed E-state index contributed by atoms with van der Waals surface area (Å²) in [6.07, 6.45) is 0.529. The maximum Gasteiger partial charge on any atom is 0.413 e. The minimum atomic E-state index is -0.346. The number of rotatable bonds is 3. The zero-order valence-electron chi connectivity index (χ0n) is 9.06. The molecule has 0 saturated carbocycles. The molecule has 0 atom stereocenters. The quantitative estimate of drug-likeness (QED) is 0.775. The minimum Gasteiger partial charge on any atom is -0.452 e. The Hall–Kier alpha value is -1.71. The lowest BCUT2D eigenvalue weighted by Crippen LogP contribution is -2.31. The van der Waals surface area contributed by atoms with Crippen molar-refractivity contribution in [2.75, 3.05) is 24.3 Å². The second-order valence-corrected chi connectivity index (χ2v) is 3.21. The molecule has 4 heteroatoms. The highest BCUT2D eigenvalue weighted by molar-refractivity contribution is 5.87. The largest absolute Gasteiger partial charge is 0.452 e. The first-order valence-electron chi connectivity index (χ1n) is 4.90. The number of nitrogens with zero attached hydrogens (tertiary/aromatic N) is 1. The fraction of sp³-hybridized carbons (Fsp3) is 0.364. The lowest BCUT2D eigenvalue weighted by atomic mass is 10.2. The maximum atomic E-state index is 11.5. The van der Waals surface area contributed by atoms with Gasteiger partial charge in [-0.25, -0.2) is 4.79 Å². The van der Waals surface area contributed by atoms with Crippen molar-refractivity contribution in [1.29, 1.82) is 0 Å². The number of carbonyl (C=O) groups is 1. The van der Waals surface area contributed by atoms with E-state index in [0.29, 0.717) is 12.2 Å². The Balaban J connectivity index is 2.88. The van der Waals surface area contributed by atoms with Crippen LogP contribution in [0, 0.1) is 0 Å². The molecule has 0 fully saturated rings. The average Bonchev–Trinajstić information content (AvgIpc) is 2.26. The summed E-state index contributed by atoms with van der Waals surface area (Å²) < 4.78 is 4.71. The molecule has 0 aromatic heterocycles. The van der Waals surface area contributed by atoms with Crippen molar-refractivity contribution >= 4 is 17.5 Å². The smallest absolute Gasteiger partial charge is 0.413 e. The van der Waals surface area contributed by atoms with Crippen LogP contribution in [0.25, 0.3) is 0 Å². The van der Waals surface area contributed by atoms with Gasteiger partial charge in [0.2, 0.25) is 0 Å². The Labute approximate surface area is 89.6 Å². The summed E-state index contributed by atoms with van der Waals surface area (Å²) in [5.74, 6) is 0. The van der Waals surface area contributed by atoms with Crippen LogP contribution in [-0.2, 0) is 4.74 Å². The third-order valence-electron chi connectivity index (χ3n) is 2.05. The Morgan fingerprint density at radius 3 is 2.47 bits per heavy atom. The molecule has 0 radical (unpaired) electrons. The van der Waals surface area contributed by atoms with Crippen molar-refractivity contribution in [2.24, 2.45) is 0 Å². The van der Waals surface area contributed by atoms with Crippen LogP contribution >= 0.6 is 0 Å². The highest BCUT2D eigenvalue weighted by Gasteiger charge is 2.14. The molecule has 1 rings (SSSR count). The van der Waals surface area contributed by atoms with Crippen LogP contribution in [0.5, 0.6) is 0 Å². The van der Waals surface area contributed by atoms with Crippen LogP contribution in [0.15, 0.2) is 24.3 Å². The third-order valence-corrected chi connectivity index (χ3v) is 2.05. The van der Waals surface area contributed by atoms with Crippen molar-refractivity contribution in [1.82, 2.24) is 0 Å². The molecule has 15 heavy (non-hydrogen) atoms. The molecule has 1 amide bonds. The molecule has 2 N–H and O–H groups in total. The first-order valence-corrected chi connectivity index (χ1v) is 4.90. The van der Waals surface area contributed by atoms with E-state index in [-0.39, 0.29) is 6.09 Å². The molecule has 0 heterocycles. The summed E-state index contributed by atoms with van der Waals surface area (Å²) in [6.45, 7) is 2.64.